The molecule has 0 fully saturated rings. The highest BCUT2D eigenvalue weighted by Gasteiger charge is 2.04. The molecule has 0 saturated carbocycles. The fourth-order valence-electron chi connectivity index (χ4n) is 2.02. The molecule has 2 rings (SSSR count). The van der Waals surface area contributed by atoms with E-state index < -0.39 is 0 Å². The van der Waals surface area contributed by atoms with Crippen molar-refractivity contribution in [2.45, 2.75) is 26.7 Å². The molecule has 0 unspecified atom stereocenters. The smallest absolute Gasteiger partial charge is 0.213 e. The van der Waals surface area contributed by atoms with Gasteiger partial charge in [-0.15, -0.1) is 0 Å². The molecular weight excluding hydrogens is 224 g/mol. The maximum Gasteiger partial charge on any atom is 0.213 e. The van der Waals surface area contributed by atoms with Crippen LogP contribution in [0, 0.1) is 18.3 Å². The Morgan fingerprint density at radius 2 is 2.11 bits per heavy atom. The molecule has 0 spiro atoms. The van der Waals surface area contributed by atoms with Gasteiger partial charge in [-0.05, 0) is 42.8 Å². The Bertz CT molecular complexity index is 599. The van der Waals surface area contributed by atoms with E-state index in [1.807, 2.05) is 19.2 Å². The highest BCUT2D eigenvalue weighted by atomic mass is 16.5. The van der Waals surface area contributed by atoms with Crippen molar-refractivity contribution in [1.82, 2.24) is 4.98 Å². The van der Waals surface area contributed by atoms with E-state index in [1.54, 1.807) is 0 Å². The van der Waals surface area contributed by atoms with Gasteiger partial charge in [0.1, 0.15) is 0 Å². The molecule has 92 valence electrons. The summed E-state index contributed by atoms with van der Waals surface area (Å²) in [5.41, 5.74) is 2.43. The van der Waals surface area contributed by atoms with Gasteiger partial charge in [0.25, 0.3) is 0 Å². The zero-order chi connectivity index (χ0) is 13.0. The number of nitriles is 1. The Hall–Kier alpha value is -2.08. The van der Waals surface area contributed by atoms with Crippen LogP contribution >= 0.6 is 0 Å². The lowest BCUT2D eigenvalue weighted by Crippen LogP contribution is -1.95. The van der Waals surface area contributed by atoms with Crippen LogP contribution in [0.3, 0.4) is 0 Å². The van der Waals surface area contributed by atoms with E-state index in [-0.39, 0.29) is 0 Å². The molecule has 0 amide bonds. The Morgan fingerprint density at radius 3 is 2.83 bits per heavy atom. The van der Waals surface area contributed by atoms with E-state index in [2.05, 4.69) is 30.1 Å². The molecule has 0 aliphatic heterocycles. The van der Waals surface area contributed by atoms with Crippen LogP contribution in [-0.2, 0) is 6.42 Å². The first-order valence-corrected chi connectivity index (χ1v) is 6.13. The van der Waals surface area contributed by atoms with Gasteiger partial charge in [0.2, 0.25) is 5.88 Å². The first-order chi connectivity index (χ1) is 8.74. The summed E-state index contributed by atoms with van der Waals surface area (Å²) in [4.78, 5) is 4.25. The highest BCUT2D eigenvalue weighted by Crippen LogP contribution is 2.23. The molecule has 0 saturated heterocycles. The van der Waals surface area contributed by atoms with Crippen LogP contribution in [0.5, 0.6) is 5.88 Å². The van der Waals surface area contributed by atoms with Crippen LogP contribution in [0.25, 0.3) is 10.8 Å². The van der Waals surface area contributed by atoms with Crippen molar-refractivity contribution in [3.8, 4) is 11.9 Å². The lowest BCUT2D eigenvalue weighted by atomic mass is 10.00. The fourth-order valence-corrected chi connectivity index (χ4v) is 2.02. The molecule has 1 aromatic heterocycles. The summed E-state index contributed by atoms with van der Waals surface area (Å²) in [5.74, 6) is 0.653. The molecule has 0 aliphatic rings. The highest BCUT2D eigenvalue weighted by molar-refractivity contribution is 5.84. The fraction of sp³-hybridized carbons (Fsp3) is 0.333. The minimum atomic E-state index is 0.551. The first kappa shape index (κ1) is 12.4. The lowest BCUT2D eigenvalue weighted by molar-refractivity contribution is 0.327. The Labute approximate surface area is 107 Å². The molecule has 1 heterocycles. The molecule has 0 atom stereocenters. The van der Waals surface area contributed by atoms with Gasteiger partial charge in [-0.3, -0.25) is 0 Å². The number of hydrogen-bond acceptors (Lipinski definition) is 3. The molecule has 1 aromatic carbocycles. The third-order valence-electron chi connectivity index (χ3n) is 2.95. The summed E-state index contributed by atoms with van der Waals surface area (Å²) < 4.78 is 5.40. The first-order valence-electron chi connectivity index (χ1n) is 6.13. The van der Waals surface area contributed by atoms with Crippen molar-refractivity contribution in [2.75, 3.05) is 6.61 Å². The minimum Gasteiger partial charge on any atom is -0.478 e. The van der Waals surface area contributed by atoms with Crippen molar-refractivity contribution >= 4 is 10.8 Å². The molecule has 2 aromatic rings. The van der Waals surface area contributed by atoms with E-state index in [1.165, 1.54) is 11.1 Å². The van der Waals surface area contributed by atoms with Crippen molar-refractivity contribution in [3.63, 3.8) is 0 Å². The summed E-state index contributed by atoms with van der Waals surface area (Å²) in [7, 11) is 0. The van der Waals surface area contributed by atoms with Crippen molar-refractivity contribution in [1.29, 1.82) is 5.26 Å². The zero-order valence-corrected chi connectivity index (χ0v) is 10.7. The molecule has 3 heteroatoms. The summed E-state index contributed by atoms with van der Waals surface area (Å²) in [6.45, 7) is 4.63. The molecule has 0 radical (unpaired) electrons. The Morgan fingerprint density at radius 1 is 1.28 bits per heavy atom. The predicted octanol–water partition coefficient (Wildman–Crippen LogP) is 3.40. The molecule has 3 nitrogen and oxygen atoms in total. The molecule has 0 N–H and O–H groups in total. The number of pyridine rings is 1. The van der Waals surface area contributed by atoms with Gasteiger partial charge in [-0.25, -0.2) is 4.98 Å². The van der Waals surface area contributed by atoms with Gasteiger partial charge in [0, 0.05) is 24.1 Å². The average molecular weight is 240 g/mol. The van der Waals surface area contributed by atoms with E-state index in [4.69, 9.17) is 10.00 Å². The number of fused-ring (bicyclic) bond motifs is 1. The number of aryl methyl sites for hydroxylation is 2. The van der Waals surface area contributed by atoms with Gasteiger partial charge < -0.3 is 4.74 Å². The van der Waals surface area contributed by atoms with E-state index in [0.29, 0.717) is 18.9 Å². The Kier molecular flexibility index (Phi) is 3.78. The van der Waals surface area contributed by atoms with Gasteiger partial charge >= 0.3 is 0 Å². The van der Waals surface area contributed by atoms with Crippen molar-refractivity contribution in [3.05, 3.63) is 35.5 Å². The van der Waals surface area contributed by atoms with Crippen molar-refractivity contribution in [2.24, 2.45) is 0 Å². The van der Waals surface area contributed by atoms with Crippen LogP contribution < -0.4 is 4.74 Å². The number of hydrogen-bond donors (Lipinski definition) is 0. The third kappa shape index (κ3) is 2.60. The summed E-state index contributed by atoms with van der Waals surface area (Å²) in [6.07, 6.45) is 3.18. The number of aromatic nitrogens is 1. The van der Waals surface area contributed by atoms with E-state index in [0.717, 1.165) is 17.2 Å². The molecule has 0 bridgehead atoms. The second kappa shape index (κ2) is 5.50. The average Bonchev–Trinajstić information content (AvgIpc) is 2.37. The summed E-state index contributed by atoms with van der Waals surface area (Å²) in [6, 6.07) is 8.39. The van der Waals surface area contributed by atoms with Gasteiger partial charge in [0.05, 0.1) is 12.7 Å². The predicted molar refractivity (Wildman–Crippen MR) is 71.6 cm³/mol. The summed E-state index contributed by atoms with van der Waals surface area (Å²) >= 11 is 0. The largest absolute Gasteiger partial charge is 0.478 e. The molecule has 18 heavy (non-hydrogen) atoms. The number of ether oxygens (including phenoxy) is 1. The maximum absolute atomic E-state index is 8.67. The number of benzene rings is 1. The van der Waals surface area contributed by atoms with Crippen LogP contribution in [0.1, 0.15) is 24.5 Å². The molecule has 0 aliphatic carbocycles. The monoisotopic (exact) mass is 240 g/mol. The van der Waals surface area contributed by atoms with E-state index >= 15 is 0 Å². The van der Waals surface area contributed by atoms with Crippen LogP contribution in [0.4, 0.5) is 0 Å². The van der Waals surface area contributed by atoms with Gasteiger partial charge in [-0.1, -0.05) is 6.07 Å². The SMILES string of the molecule is CCOc1cc2cc(CCC#N)c(C)cc2cn1. The third-order valence-corrected chi connectivity index (χ3v) is 2.95. The summed E-state index contributed by atoms with van der Waals surface area (Å²) in [5, 5.41) is 10.9. The van der Waals surface area contributed by atoms with Crippen LogP contribution in [-0.4, -0.2) is 11.6 Å². The van der Waals surface area contributed by atoms with Gasteiger partial charge in [-0.2, -0.15) is 5.26 Å². The zero-order valence-electron chi connectivity index (χ0n) is 10.7. The second-order valence-electron chi connectivity index (χ2n) is 4.24. The maximum atomic E-state index is 8.67. The Balaban J connectivity index is 2.43. The quantitative estimate of drug-likeness (QED) is 0.822. The van der Waals surface area contributed by atoms with E-state index in [9.17, 15) is 0 Å². The number of rotatable bonds is 4. The molecular formula is C15H16N2O. The van der Waals surface area contributed by atoms with Crippen LogP contribution in [0.2, 0.25) is 0 Å². The topological polar surface area (TPSA) is 45.9 Å². The van der Waals surface area contributed by atoms with Gasteiger partial charge in [0.15, 0.2) is 0 Å². The minimum absolute atomic E-state index is 0.551. The normalized spacial score (nSPS) is 10.3. The van der Waals surface area contributed by atoms with Crippen LogP contribution in [0.15, 0.2) is 24.4 Å². The lowest BCUT2D eigenvalue weighted by Gasteiger charge is -2.08. The standard InChI is InChI=1S/C15H16N2O/c1-3-18-15-9-13-8-12(5-4-6-16)11(2)7-14(13)10-17-15/h7-10H,3-5H2,1-2H3. The van der Waals surface area contributed by atoms with Crippen molar-refractivity contribution < 1.29 is 4.74 Å². The number of nitrogens with zero attached hydrogens (tertiary/aromatic N) is 2. The second-order valence-corrected chi connectivity index (χ2v) is 4.24.